The van der Waals surface area contributed by atoms with E-state index in [4.69, 9.17) is 10.8 Å². The molecule has 0 aromatic carbocycles. The molecule has 1 aliphatic heterocycles. The van der Waals surface area contributed by atoms with Crippen LogP contribution in [0.15, 0.2) is 0 Å². The van der Waals surface area contributed by atoms with E-state index in [0.29, 0.717) is 13.0 Å². The normalized spacial score (nSPS) is 24.0. The van der Waals surface area contributed by atoms with Gasteiger partial charge in [-0.3, -0.25) is 4.79 Å². The Hall–Kier alpha value is -1.83. The number of nitrogens with two attached hydrogens (primary N) is 1. The van der Waals surface area contributed by atoms with E-state index in [0.717, 1.165) is 0 Å². The molecule has 8 nitrogen and oxygen atoms in total. The van der Waals surface area contributed by atoms with Crippen LogP contribution in [-0.4, -0.2) is 57.8 Å². The second-order valence-corrected chi connectivity index (χ2v) is 5.01. The third kappa shape index (κ3) is 4.74. The first kappa shape index (κ1) is 15.2. The molecule has 3 amide bonds. The van der Waals surface area contributed by atoms with Crippen molar-refractivity contribution >= 4 is 17.9 Å². The van der Waals surface area contributed by atoms with Crippen molar-refractivity contribution in [3.05, 3.63) is 0 Å². The maximum Gasteiger partial charge on any atom is 0.326 e. The molecule has 1 saturated heterocycles. The lowest BCUT2D eigenvalue weighted by atomic mass is 10.1. The van der Waals surface area contributed by atoms with Gasteiger partial charge in [0.15, 0.2) is 0 Å². The zero-order chi connectivity index (χ0) is 14.6. The number of nitrogens with zero attached hydrogens (tertiary/aromatic N) is 1. The summed E-state index contributed by atoms with van der Waals surface area (Å²) in [6.07, 6.45) is 0.273. The summed E-state index contributed by atoms with van der Waals surface area (Å²) in [5.41, 5.74) is 4.00. The van der Waals surface area contributed by atoms with Gasteiger partial charge in [0.05, 0.1) is 12.1 Å². The van der Waals surface area contributed by atoms with E-state index in [2.05, 4.69) is 5.32 Å². The summed E-state index contributed by atoms with van der Waals surface area (Å²) in [5, 5.41) is 21.0. The molecule has 1 fully saturated rings. The first-order valence-corrected chi connectivity index (χ1v) is 6.00. The molecule has 0 spiro atoms. The lowest BCUT2D eigenvalue weighted by Crippen LogP contribution is -2.48. The average molecular weight is 273 g/mol. The Bertz CT molecular complexity index is 383. The van der Waals surface area contributed by atoms with Gasteiger partial charge in [-0.25, -0.2) is 9.59 Å². The Balaban J connectivity index is 2.52. The summed E-state index contributed by atoms with van der Waals surface area (Å²) in [6.45, 7) is 2.13. The summed E-state index contributed by atoms with van der Waals surface area (Å²) < 4.78 is 0. The van der Waals surface area contributed by atoms with Crippen LogP contribution < -0.4 is 11.1 Å². The van der Waals surface area contributed by atoms with Gasteiger partial charge in [-0.1, -0.05) is 0 Å². The second kappa shape index (κ2) is 5.87. The number of urea groups is 1. The molecule has 1 aliphatic rings. The molecule has 0 saturated carbocycles. The Labute approximate surface area is 110 Å². The molecular formula is C11H19N3O5. The molecule has 2 atom stereocenters. The highest BCUT2D eigenvalue weighted by molar-refractivity contribution is 5.83. The van der Waals surface area contributed by atoms with Crippen molar-refractivity contribution < 1.29 is 24.6 Å². The lowest BCUT2D eigenvalue weighted by Gasteiger charge is -2.22. The highest BCUT2D eigenvalue weighted by Crippen LogP contribution is 2.20. The van der Waals surface area contributed by atoms with E-state index in [1.807, 2.05) is 0 Å². The molecular weight excluding hydrogens is 254 g/mol. The van der Waals surface area contributed by atoms with Gasteiger partial charge in [-0.05, 0) is 19.8 Å². The zero-order valence-corrected chi connectivity index (χ0v) is 10.8. The fourth-order valence-electron chi connectivity index (χ4n) is 1.90. The van der Waals surface area contributed by atoms with Gasteiger partial charge in [0.25, 0.3) is 0 Å². The highest BCUT2D eigenvalue weighted by Gasteiger charge is 2.35. The summed E-state index contributed by atoms with van der Waals surface area (Å²) in [5.74, 6) is -1.84. The molecule has 108 valence electrons. The van der Waals surface area contributed by atoms with E-state index in [9.17, 15) is 19.5 Å². The molecule has 8 heteroatoms. The van der Waals surface area contributed by atoms with Crippen molar-refractivity contribution in [2.45, 2.75) is 37.8 Å². The Morgan fingerprint density at radius 3 is 2.53 bits per heavy atom. The van der Waals surface area contributed by atoms with Gasteiger partial charge in [-0.2, -0.15) is 0 Å². The van der Waals surface area contributed by atoms with Crippen LogP contribution in [0.5, 0.6) is 0 Å². The summed E-state index contributed by atoms with van der Waals surface area (Å²) in [7, 11) is 0. The predicted molar refractivity (Wildman–Crippen MR) is 65.2 cm³/mol. The van der Waals surface area contributed by atoms with Crippen molar-refractivity contribution in [1.82, 2.24) is 10.2 Å². The van der Waals surface area contributed by atoms with Crippen molar-refractivity contribution in [3.63, 3.8) is 0 Å². The smallest absolute Gasteiger partial charge is 0.326 e. The second-order valence-electron chi connectivity index (χ2n) is 5.01. The third-order valence-corrected chi connectivity index (χ3v) is 3.01. The first-order chi connectivity index (χ1) is 8.71. The Kier molecular flexibility index (Phi) is 4.71. The number of hydrogen-bond acceptors (Lipinski definition) is 4. The monoisotopic (exact) mass is 273 g/mol. The molecule has 19 heavy (non-hydrogen) atoms. The van der Waals surface area contributed by atoms with Crippen LogP contribution in [0.3, 0.4) is 0 Å². The van der Waals surface area contributed by atoms with E-state index in [1.54, 1.807) is 6.92 Å². The van der Waals surface area contributed by atoms with Crippen LogP contribution in [0.2, 0.25) is 0 Å². The van der Waals surface area contributed by atoms with Crippen molar-refractivity contribution in [2.75, 3.05) is 13.1 Å². The third-order valence-electron chi connectivity index (χ3n) is 3.01. The Morgan fingerprint density at radius 2 is 2.11 bits per heavy atom. The van der Waals surface area contributed by atoms with Crippen LogP contribution in [0.1, 0.15) is 26.2 Å². The van der Waals surface area contributed by atoms with Crippen molar-refractivity contribution in [2.24, 2.45) is 5.73 Å². The molecule has 1 heterocycles. The quantitative estimate of drug-likeness (QED) is 0.503. The largest absolute Gasteiger partial charge is 0.480 e. The fraction of sp³-hybridized carbons (Fsp3) is 0.727. The number of carboxylic acid groups (broad SMARTS) is 1. The number of carbonyl (C=O) groups is 3. The van der Waals surface area contributed by atoms with Gasteiger partial charge >= 0.3 is 12.0 Å². The number of likely N-dealkylation sites (tertiary alicyclic amines) is 1. The van der Waals surface area contributed by atoms with Crippen molar-refractivity contribution in [1.29, 1.82) is 0 Å². The number of rotatable bonds is 5. The zero-order valence-electron chi connectivity index (χ0n) is 10.8. The number of aliphatic carboxylic acids is 1. The van der Waals surface area contributed by atoms with Crippen LogP contribution >= 0.6 is 0 Å². The molecule has 0 aromatic rings. The number of amides is 3. The molecule has 1 rings (SSSR count). The minimum Gasteiger partial charge on any atom is -0.480 e. The number of carboxylic acids is 1. The van der Waals surface area contributed by atoms with Crippen LogP contribution in [0.4, 0.5) is 4.79 Å². The summed E-state index contributed by atoms with van der Waals surface area (Å²) in [4.78, 5) is 34.7. The standard InChI is InChI=1S/C11H19N3O5/c1-11(19)4-5-14(6-11)10(18)13-7(9(16)17)2-3-8(12)15/h7,19H,2-6H2,1H3,(H2,12,15)(H,13,18)(H,16,17)/t7-,11?/m0/s1. The number of hydrogen-bond donors (Lipinski definition) is 4. The van der Waals surface area contributed by atoms with E-state index >= 15 is 0 Å². The maximum absolute atomic E-state index is 11.8. The van der Waals surface area contributed by atoms with Gasteiger partial charge < -0.3 is 26.2 Å². The minimum absolute atomic E-state index is 0.0549. The SMILES string of the molecule is CC1(O)CCN(C(=O)N[C@@H](CCC(N)=O)C(=O)O)C1. The number of nitrogens with one attached hydrogen (secondary N) is 1. The van der Waals surface area contributed by atoms with Crippen LogP contribution in [-0.2, 0) is 9.59 Å². The van der Waals surface area contributed by atoms with Gasteiger partial charge in [-0.15, -0.1) is 0 Å². The van der Waals surface area contributed by atoms with Gasteiger partial charge in [0.2, 0.25) is 5.91 Å². The number of carbonyl (C=O) groups excluding carboxylic acids is 2. The van der Waals surface area contributed by atoms with Crippen molar-refractivity contribution in [3.8, 4) is 0 Å². The molecule has 0 bridgehead atoms. The minimum atomic E-state index is -1.22. The van der Waals surface area contributed by atoms with E-state index in [-0.39, 0.29) is 19.4 Å². The number of β-amino-alcohol motifs (C(OH)–C–C–N with tert-alkyl or cyclic N) is 1. The molecule has 0 aliphatic carbocycles. The number of aliphatic hydroxyl groups is 1. The van der Waals surface area contributed by atoms with E-state index < -0.39 is 29.6 Å². The average Bonchev–Trinajstić information content (AvgIpc) is 2.64. The van der Waals surface area contributed by atoms with Crippen LogP contribution in [0.25, 0.3) is 0 Å². The summed E-state index contributed by atoms with van der Waals surface area (Å²) >= 11 is 0. The lowest BCUT2D eigenvalue weighted by molar-refractivity contribution is -0.139. The molecule has 0 radical (unpaired) electrons. The fourth-order valence-corrected chi connectivity index (χ4v) is 1.90. The predicted octanol–water partition coefficient (Wildman–Crippen LogP) is -1.13. The molecule has 0 aromatic heterocycles. The topological polar surface area (TPSA) is 133 Å². The van der Waals surface area contributed by atoms with Gasteiger partial charge in [0.1, 0.15) is 6.04 Å². The highest BCUT2D eigenvalue weighted by atomic mass is 16.4. The molecule has 5 N–H and O–H groups in total. The number of primary amides is 1. The first-order valence-electron chi connectivity index (χ1n) is 6.00. The summed E-state index contributed by atoms with van der Waals surface area (Å²) in [6, 6.07) is -1.72. The van der Waals surface area contributed by atoms with E-state index in [1.165, 1.54) is 4.90 Å². The maximum atomic E-state index is 11.8. The molecule has 1 unspecified atom stereocenters. The van der Waals surface area contributed by atoms with Crippen LogP contribution in [0, 0.1) is 0 Å². The van der Waals surface area contributed by atoms with Gasteiger partial charge in [0, 0.05) is 13.0 Å². The Morgan fingerprint density at radius 1 is 1.47 bits per heavy atom.